The van der Waals surface area contributed by atoms with E-state index in [-0.39, 0.29) is 11.6 Å². The Morgan fingerprint density at radius 1 is 1.35 bits per heavy atom. The maximum Gasteiger partial charge on any atom is 0.175 e. The Labute approximate surface area is 99.4 Å². The number of nitrogens with zero attached hydrogens (tertiary/aromatic N) is 1. The van der Waals surface area contributed by atoms with Crippen molar-refractivity contribution in [3.05, 3.63) is 35.8 Å². The molecule has 0 radical (unpaired) electrons. The van der Waals surface area contributed by atoms with E-state index in [1.807, 2.05) is 0 Å². The second kappa shape index (κ2) is 4.99. The predicted molar refractivity (Wildman–Crippen MR) is 64.9 cm³/mol. The number of nitrogen functional groups attached to an aromatic ring is 1. The van der Waals surface area contributed by atoms with E-state index in [1.165, 1.54) is 6.07 Å². The fourth-order valence-corrected chi connectivity index (χ4v) is 1.80. The molecule has 0 unspecified atom stereocenters. The lowest BCUT2D eigenvalue weighted by molar-refractivity contribution is 0.383. The first kappa shape index (κ1) is 11.6. The van der Waals surface area contributed by atoms with Crippen LogP contribution < -0.4 is 5.73 Å². The number of unbranched alkanes of at least 4 members (excludes halogenated alkanes) is 1. The maximum absolute atomic E-state index is 13.7. The fourth-order valence-electron chi connectivity index (χ4n) is 1.80. The van der Waals surface area contributed by atoms with Crippen molar-refractivity contribution in [3.63, 3.8) is 0 Å². The highest BCUT2D eigenvalue weighted by Crippen LogP contribution is 2.32. The van der Waals surface area contributed by atoms with E-state index in [0.29, 0.717) is 16.9 Å². The zero-order chi connectivity index (χ0) is 12.3. The number of aromatic nitrogens is 1. The number of halogens is 1. The van der Waals surface area contributed by atoms with Crippen LogP contribution in [0.25, 0.3) is 11.1 Å². The van der Waals surface area contributed by atoms with Crippen LogP contribution in [0.15, 0.2) is 28.8 Å². The van der Waals surface area contributed by atoms with Crippen molar-refractivity contribution in [2.24, 2.45) is 0 Å². The highest BCUT2D eigenvalue weighted by Gasteiger charge is 2.17. The molecule has 2 aromatic rings. The highest BCUT2D eigenvalue weighted by molar-refractivity contribution is 5.75. The SMILES string of the molecule is CCCCc1onc(N)c1-c1ccccc1F. The zero-order valence-electron chi connectivity index (χ0n) is 9.74. The molecule has 0 aliphatic carbocycles. The molecule has 1 heterocycles. The monoisotopic (exact) mass is 234 g/mol. The van der Waals surface area contributed by atoms with E-state index < -0.39 is 0 Å². The van der Waals surface area contributed by atoms with Crippen molar-refractivity contribution in [1.29, 1.82) is 0 Å². The van der Waals surface area contributed by atoms with Crippen molar-refractivity contribution in [2.75, 3.05) is 5.73 Å². The van der Waals surface area contributed by atoms with E-state index in [0.717, 1.165) is 19.3 Å². The molecule has 0 aliphatic heterocycles. The molecule has 17 heavy (non-hydrogen) atoms. The van der Waals surface area contributed by atoms with Crippen molar-refractivity contribution in [1.82, 2.24) is 5.16 Å². The van der Waals surface area contributed by atoms with Crippen LogP contribution in [0, 0.1) is 5.82 Å². The van der Waals surface area contributed by atoms with Crippen LogP contribution in [0.1, 0.15) is 25.5 Å². The number of hydrogen-bond donors (Lipinski definition) is 1. The third-order valence-electron chi connectivity index (χ3n) is 2.69. The van der Waals surface area contributed by atoms with Crippen LogP contribution in [0.3, 0.4) is 0 Å². The molecule has 0 atom stereocenters. The van der Waals surface area contributed by atoms with E-state index >= 15 is 0 Å². The summed E-state index contributed by atoms with van der Waals surface area (Å²) in [5.41, 5.74) is 6.79. The second-order valence-corrected chi connectivity index (χ2v) is 3.95. The number of nitrogens with two attached hydrogens (primary N) is 1. The van der Waals surface area contributed by atoms with Crippen molar-refractivity contribution >= 4 is 5.82 Å². The minimum atomic E-state index is -0.305. The fraction of sp³-hybridized carbons (Fsp3) is 0.308. The molecule has 0 bridgehead atoms. The molecule has 0 saturated heterocycles. The molecular weight excluding hydrogens is 219 g/mol. The van der Waals surface area contributed by atoms with E-state index in [2.05, 4.69) is 12.1 Å². The third kappa shape index (κ3) is 2.30. The van der Waals surface area contributed by atoms with E-state index in [9.17, 15) is 4.39 Å². The Hall–Kier alpha value is -1.84. The summed E-state index contributed by atoms with van der Waals surface area (Å²) in [5.74, 6) is 0.607. The van der Waals surface area contributed by atoms with Gasteiger partial charge in [0.2, 0.25) is 0 Å². The molecule has 0 amide bonds. The Balaban J connectivity index is 2.44. The number of aryl methyl sites for hydroxylation is 1. The summed E-state index contributed by atoms with van der Waals surface area (Å²) >= 11 is 0. The Kier molecular flexibility index (Phi) is 3.42. The predicted octanol–water partition coefficient (Wildman–Crippen LogP) is 3.41. The van der Waals surface area contributed by atoms with Crippen molar-refractivity contribution < 1.29 is 8.91 Å². The summed E-state index contributed by atoms with van der Waals surface area (Å²) in [4.78, 5) is 0. The van der Waals surface area contributed by atoms with Crippen LogP contribution in [0.4, 0.5) is 10.2 Å². The van der Waals surface area contributed by atoms with Crippen LogP contribution in [0.5, 0.6) is 0 Å². The summed E-state index contributed by atoms with van der Waals surface area (Å²) < 4.78 is 18.9. The van der Waals surface area contributed by atoms with Gasteiger partial charge in [0.25, 0.3) is 0 Å². The normalized spacial score (nSPS) is 10.7. The van der Waals surface area contributed by atoms with Gasteiger partial charge in [0.15, 0.2) is 5.82 Å². The maximum atomic E-state index is 13.7. The van der Waals surface area contributed by atoms with Gasteiger partial charge in [-0.25, -0.2) is 4.39 Å². The lowest BCUT2D eigenvalue weighted by Gasteiger charge is -2.03. The van der Waals surface area contributed by atoms with Crippen LogP contribution >= 0.6 is 0 Å². The molecular formula is C13H15FN2O. The first-order valence-electron chi connectivity index (χ1n) is 5.73. The van der Waals surface area contributed by atoms with Gasteiger partial charge in [0.1, 0.15) is 11.6 Å². The van der Waals surface area contributed by atoms with Crippen molar-refractivity contribution in [2.45, 2.75) is 26.2 Å². The Morgan fingerprint density at radius 2 is 2.12 bits per heavy atom. The van der Waals surface area contributed by atoms with Gasteiger partial charge in [-0.3, -0.25) is 0 Å². The Morgan fingerprint density at radius 3 is 2.82 bits per heavy atom. The van der Waals surface area contributed by atoms with Crippen LogP contribution in [-0.2, 0) is 6.42 Å². The smallest absolute Gasteiger partial charge is 0.175 e. The first-order chi connectivity index (χ1) is 8.24. The second-order valence-electron chi connectivity index (χ2n) is 3.95. The van der Waals surface area contributed by atoms with Crippen molar-refractivity contribution in [3.8, 4) is 11.1 Å². The largest absolute Gasteiger partial charge is 0.380 e. The van der Waals surface area contributed by atoms with Gasteiger partial charge >= 0.3 is 0 Å². The standard InChI is InChI=1S/C13H15FN2O/c1-2-3-8-11-12(13(15)16-17-11)9-6-4-5-7-10(9)14/h4-7H,2-3,8H2,1H3,(H2,15,16). The number of anilines is 1. The summed E-state index contributed by atoms with van der Waals surface area (Å²) in [6, 6.07) is 6.52. The van der Waals surface area contributed by atoms with Crippen LogP contribution in [0.2, 0.25) is 0 Å². The van der Waals surface area contributed by atoms with Gasteiger partial charge in [0, 0.05) is 12.0 Å². The van der Waals surface area contributed by atoms with Gasteiger partial charge in [-0.2, -0.15) is 0 Å². The van der Waals surface area contributed by atoms with Gasteiger partial charge < -0.3 is 10.3 Å². The lowest BCUT2D eigenvalue weighted by Crippen LogP contribution is -1.93. The van der Waals surface area contributed by atoms with Gasteiger partial charge in [-0.15, -0.1) is 0 Å². The van der Waals surface area contributed by atoms with E-state index in [1.54, 1.807) is 18.2 Å². The summed E-state index contributed by atoms with van der Waals surface area (Å²) in [5, 5.41) is 3.72. The molecule has 0 aliphatic rings. The highest BCUT2D eigenvalue weighted by atomic mass is 19.1. The van der Waals surface area contributed by atoms with Gasteiger partial charge in [0.05, 0.1) is 5.56 Å². The minimum Gasteiger partial charge on any atom is -0.380 e. The molecule has 90 valence electrons. The molecule has 4 heteroatoms. The summed E-state index contributed by atoms with van der Waals surface area (Å²) in [7, 11) is 0. The zero-order valence-corrected chi connectivity index (χ0v) is 9.74. The van der Waals surface area contributed by atoms with E-state index in [4.69, 9.17) is 10.3 Å². The van der Waals surface area contributed by atoms with Crippen LogP contribution in [-0.4, -0.2) is 5.16 Å². The molecule has 2 N–H and O–H groups in total. The lowest BCUT2D eigenvalue weighted by atomic mass is 10.0. The average molecular weight is 234 g/mol. The Bertz CT molecular complexity index is 508. The number of hydrogen-bond acceptors (Lipinski definition) is 3. The summed E-state index contributed by atoms with van der Waals surface area (Å²) in [6.45, 7) is 2.09. The number of benzene rings is 1. The molecule has 3 nitrogen and oxygen atoms in total. The number of rotatable bonds is 4. The average Bonchev–Trinajstić information content (AvgIpc) is 2.69. The summed E-state index contributed by atoms with van der Waals surface area (Å²) in [6.07, 6.45) is 2.73. The molecule has 1 aromatic heterocycles. The quantitative estimate of drug-likeness (QED) is 0.882. The first-order valence-corrected chi connectivity index (χ1v) is 5.73. The molecule has 0 fully saturated rings. The molecule has 2 rings (SSSR count). The topological polar surface area (TPSA) is 52.0 Å². The molecule has 0 saturated carbocycles. The minimum absolute atomic E-state index is 0.251. The van der Waals surface area contributed by atoms with Gasteiger partial charge in [-0.1, -0.05) is 36.7 Å². The third-order valence-corrected chi connectivity index (χ3v) is 2.69. The molecule has 1 aromatic carbocycles. The molecule has 0 spiro atoms. The van der Waals surface area contributed by atoms with Gasteiger partial charge in [-0.05, 0) is 12.5 Å².